The lowest BCUT2D eigenvalue weighted by atomic mass is 10.3. The van der Waals surface area contributed by atoms with Gasteiger partial charge in [0.25, 0.3) is 0 Å². The van der Waals surface area contributed by atoms with E-state index in [-0.39, 0.29) is 12.6 Å². The summed E-state index contributed by atoms with van der Waals surface area (Å²) in [4.78, 5) is 10.6. The predicted molar refractivity (Wildman–Crippen MR) is 65.0 cm³/mol. The van der Waals surface area contributed by atoms with Gasteiger partial charge in [0, 0.05) is 13.3 Å². The fraction of sp³-hybridized carbons (Fsp3) is 0.900. The molecular formula is C10H22NO6S+. The monoisotopic (exact) mass is 284 g/mol. The van der Waals surface area contributed by atoms with Crippen LogP contribution in [-0.4, -0.2) is 66.4 Å². The van der Waals surface area contributed by atoms with Crippen molar-refractivity contribution in [2.75, 3.05) is 47.5 Å². The molecule has 0 N–H and O–H groups in total. The molecular weight excluding hydrogens is 262 g/mol. The van der Waals surface area contributed by atoms with Gasteiger partial charge in [0.1, 0.15) is 13.2 Å². The van der Waals surface area contributed by atoms with Crippen molar-refractivity contribution in [3.05, 3.63) is 0 Å². The molecule has 18 heavy (non-hydrogen) atoms. The highest BCUT2D eigenvalue weighted by Gasteiger charge is 2.16. The average Bonchev–Trinajstić information content (AvgIpc) is 2.24. The number of ether oxygens (including phenoxy) is 1. The molecule has 0 atom stereocenters. The molecule has 0 aromatic heterocycles. The van der Waals surface area contributed by atoms with E-state index in [1.807, 2.05) is 14.1 Å². The molecule has 0 saturated heterocycles. The first-order valence-corrected chi connectivity index (χ1v) is 6.92. The van der Waals surface area contributed by atoms with Crippen molar-refractivity contribution in [3.63, 3.8) is 0 Å². The lowest BCUT2D eigenvalue weighted by Gasteiger charge is -2.29. The summed E-state index contributed by atoms with van der Waals surface area (Å²) in [6, 6.07) is 0. The minimum absolute atomic E-state index is 0.0748. The van der Waals surface area contributed by atoms with Crippen molar-refractivity contribution >= 4 is 16.4 Å². The number of rotatable bonds is 9. The number of carbonyl (C=O) groups is 1. The van der Waals surface area contributed by atoms with Gasteiger partial charge >= 0.3 is 16.4 Å². The molecule has 0 aliphatic carbocycles. The van der Waals surface area contributed by atoms with Crippen molar-refractivity contribution in [1.82, 2.24) is 0 Å². The van der Waals surface area contributed by atoms with Gasteiger partial charge < -0.3 is 9.22 Å². The molecule has 0 amide bonds. The van der Waals surface area contributed by atoms with Crippen LogP contribution in [0.3, 0.4) is 0 Å². The molecule has 0 aliphatic heterocycles. The summed E-state index contributed by atoms with van der Waals surface area (Å²) < 4.78 is 35.9. The molecule has 0 saturated carbocycles. The highest BCUT2D eigenvalue weighted by atomic mass is 32.3. The molecule has 108 valence electrons. The Morgan fingerprint density at radius 2 is 1.78 bits per heavy atom. The van der Waals surface area contributed by atoms with E-state index >= 15 is 0 Å². The Labute approximate surface area is 109 Å². The Kier molecular flexibility index (Phi) is 7.37. The molecule has 0 bridgehead atoms. The summed E-state index contributed by atoms with van der Waals surface area (Å²) in [5.74, 6) is -0.301. The maximum absolute atomic E-state index is 10.9. The Morgan fingerprint density at radius 1 is 1.17 bits per heavy atom. The van der Waals surface area contributed by atoms with Crippen LogP contribution in [0.1, 0.15) is 13.3 Å². The molecule has 0 aromatic carbocycles. The molecule has 0 radical (unpaired) electrons. The van der Waals surface area contributed by atoms with Gasteiger partial charge in [-0.25, -0.2) is 4.18 Å². The van der Waals surface area contributed by atoms with Crippen LogP contribution in [0.25, 0.3) is 0 Å². The lowest BCUT2D eigenvalue weighted by Crippen LogP contribution is -2.43. The molecule has 0 rings (SSSR count). The summed E-state index contributed by atoms with van der Waals surface area (Å²) in [6.45, 7) is 3.16. The van der Waals surface area contributed by atoms with E-state index in [0.29, 0.717) is 30.6 Å². The third-order valence-corrected chi connectivity index (χ3v) is 3.21. The first kappa shape index (κ1) is 17.3. The first-order chi connectivity index (χ1) is 8.18. The molecule has 8 heteroatoms. The lowest BCUT2D eigenvalue weighted by molar-refractivity contribution is -0.890. The van der Waals surface area contributed by atoms with Crippen molar-refractivity contribution in [2.45, 2.75) is 13.3 Å². The summed E-state index contributed by atoms with van der Waals surface area (Å²) >= 11 is 0. The van der Waals surface area contributed by atoms with Crippen LogP contribution in [0.5, 0.6) is 0 Å². The molecule has 0 heterocycles. The van der Waals surface area contributed by atoms with Gasteiger partial charge in [0.2, 0.25) is 0 Å². The minimum Gasteiger partial charge on any atom is -0.460 e. The summed E-state index contributed by atoms with van der Waals surface area (Å²) in [5, 5.41) is 0. The van der Waals surface area contributed by atoms with Gasteiger partial charge in [-0.05, 0) is 0 Å². The number of quaternary nitrogens is 1. The number of esters is 1. The van der Waals surface area contributed by atoms with Crippen LogP contribution in [0, 0.1) is 0 Å². The smallest absolute Gasteiger partial charge is 0.399 e. The standard InChI is InChI=1S/C10H22NO6S/c1-10(12)16-9-7-11(2,3)6-5-8-17-18(13,14)15-4/h5-9H2,1-4H3/q+1. The number of carbonyl (C=O) groups excluding carboxylic acids is 1. The highest BCUT2D eigenvalue weighted by molar-refractivity contribution is 7.81. The second kappa shape index (κ2) is 7.67. The van der Waals surface area contributed by atoms with Gasteiger partial charge in [-0.15, -0.1) is 0 Å². The Hall–Kier alpha value is -0.700. The Morgan fingerprint density at radius 3 is 2.28 bits per heavy atom. The van der Waals surface area contributed by atoms with E-state index in [0.717, 1.165) is 7.11 Å². The number of likely N-dealkylation sites (N-methyl/N-ethyl adjacent to an activating group) is 1. The minimum atomic E-state index is -3.84. The van der Waals surface area contributed by atoms with E-state index in [2.05, 4.69) is 8.37 Å². The van der Waals surface area contributed by atoms with Crippen molar-refractivity contribution in [2.24, 2.45) is 0 Å². The summed E-state index contributed by atoms with van der Waals surface area (Å²) in [6.07, 6.45) is 0.565. The molecule has 0 aromatic rings. The number of nitrogens with zero attached hydrogens (tertiary/aromatic N) is 1. The zero-order chi connectivity index (χ0) is 14.2. The third-order valence-electron chi connectivity index (χ3n) is 2.34. The zero-order valence-corrected chi connectivity index (χ0v) is 12.2. The van der Waals surface area contributed by atoms with Crippen LogP contribution in [-0.2, 0) is 28.3 Å². The van der Waals surface area contributed by atoms with E-state index in [1.54, 1.807) is 0 Å². The Balaban J connectivity index is 3.80. The maximum Gasteiger partial charge on any atom is 0.399 e. The molecule has 0 fully saturated rings. The fourth-order valence-corrected chi connectivity index (χ4v) is 1.67. The number of hydrogen-bond acceptors (Lipinski definition) is 6. The van der Waals surface area contributed by atoms with Crippen molar-refractivity contribution in [3.8, 4) is 0 Å². The Bertz CT molecular complexity index is 351. The molecule has 0 spiro atoms. The van der Waals surface area contributed by atoms with Crippen LogP contribution in [0.2, 0.25) is 0 Å². The van der Waals surface area contributed by atoms with Crippen LogP contribution in [0.4, 0.5) is 0 Å². The van der Waals surface area contributed by atoms with E-state index < -0.39 is 10.4 Å². The summed E-state index contributed by atoms with van der Waals surface area (Å²) in [5.41, 5.74) is 0. The van der Waals surface area contributed by atoms with Crippen LogP contribution >= 0.6 is 0 Å². The van der Waals surface area contributed by atoms with E-state index in [1.165, 1.54) is 6.92 Å². The second-order valence-corrected chi connectivity index (χ2v) is 5.86. The zero-order valence-electron chi connectivity index (χ0n) is 11.3. The van der Waals surface area contributed by atoms with Crippen LogP contribution < -0.4 is 0 Å². The second-order valence-electron chi connectivity index (χ2n) is 4.47. The first-order valence-electron chi connectivity index (χ1n) is 5.59. The molecule has 0 aliphatic rings. The predicted octanol–water partition coefficient (Wildman–Crippen LogP) is -0.0762. The van der Waals surface area contributed by atoms with Gasteiger partial charge in [-0.3, -0.25) is 8.98 Å². The quantitative estimate of drug-likeness (QED) is 0.335. The van der Waals surface area contributed by atoms with E-state index in [9.17, 15) is 13.2 Å². The average molecular weight is 284 g/mol. The van der Waals surface area contributed by atoms with Crippen LogP contribution in [0.15, 0.2) is 0 Å². The molecule has 0 unspecified atom stereocenters. The highest BCUT2D eigenvalue weighted by Crippen LogP contribution is 2.02. The van der Waals surface area contributed by atoms with E-state index in [4.69, 9.17) is 4.74 Å². The van der Waals surface area contributed by atoms with Gasteiger partial charge in [-0.2, -0.15) is 8.42 Å². The fourth-order valence-electron chi connectivity index (χ4n) is 1.25. The molecule has 7 nitrogen and oxygen atoms in total. The van der Waals surface area contributed by atoms with Gasteiger partial charge in [-0.1, -0.05) is 0 Å². The SMILES string of the molecule is COS(=O)(=O)OCCC[N+](C)(C)CCOC(C)=O. The van der Waals surface area contributed by atoms with Crippen molar-refractivity contribution in [1.29, 1.82) is 0 Å². The topological polar surface area (TPSA) is 78.9 Å². The normalized spacial score (nSPS) is 12.4. The van der Waals surface area contributed by atoms with Gasteiger partial charge in [0.15, 0.2) is 0 Å². The van der Waals surface area contributed by atoms with Gasteiger partial charge in [0.05, 0.1) is 34.4 Å². The summed E-state index contributed by atoms with van der Waals surface area (Å²) in [7, 11) is 1.14. The number of hydrogen-bond donors (Lipinski definition) is 0. The maximum atomic E-state index is 10.9. The largest absolute Gasteiger partial charge is 0.460 e. The third kappa shape index (κ3) is 9.34. The van der Waals surface area contributed by atoms with Crippen molar-refractivity contribution < 1.29 is 30.8 Å².